The molecule has 0 saturated heterocycles. The Hall–Kier alpha value is -1.89. The van der Waals surface area contributed by atoms with Crippen molar-refractivity contribution in [1.29, 1.82) is 0 Å². The largest absolute Gasteiger partial charge is 0.285 e. The molecule has 0 atom stereocenters. The number of hydrogen-bond donors (Lipinski definition) is 1. The van der Waals surface area contributed by atoms with E-state index in [2.05, 4.69) is 0 Å². The van der Waals surface area contributed by atoms with Crippen molar-refractivity contribution >= 4 is 33.0 Å². The van der Waals surface area contributed by atoms with Gasteiger partial charge in [-0.3, -0.25) is 4.55 Å². The molecule has 0 amide bonds. The van der Waals surface area contributed by atoms with Gasteiger partial charge in [-0.2, -0.15) is 8.42 Å². The van der Waals surface area contributed by atoms with E-state index in [1.54, 1.807) is 13.0 Å². The lowest BCUT2D eigenvalue weighted by Gasteiger charge is -2.04. The Kier molecular flexibility index (Phi) is 4.86. The molecule has 0 radical (unpaired) electrons. The van der Waals surface area contributed by atoms with Gasteiger partial charge in [-0.15, -0.1) is 0 Å². The third-order valence-electron chi connectivity index (χ3n) is 4.11. The van der Waals surface area contributed by atoms with Crippen LogP contribution >= 0.6 is 11.8 Å². The van der Waals surface area contributed by atoms with E-state index >= 15 is 0 Å². The lowest BCUT2D eigenvalue weighted by atomic mass is 10.0. The minimum atomic E-state index is -4.21. The summed E-state index contributed by atoms with van der Waals surface area (Å²) in [4.78, 5) is 1.05. The van der Waals surface area contributed by atoms with Crippen molar-refractivity contribution in [1.82, 2.24) is 0 Å². The van der Waals surface area contributed by atoms with E-state index in [0.717, 1.165) is 21.6 Å². The fourth-order valence-corrected chi connectivity index (χ4v) is 4.42. The van der Waals surface area contributed by atoms with Crippen LogP contribution in [0.15, 0.2) is 58.3 Å². The second kappa shape index (κ2) is 6.78. The number of thioether (sulfide) groups is 1. The van der Waals surface area contributed by atoms with Gasteiger partial charge in [-0.05, 0) is 71.4 Å². The standard InChI is InChI=1S/C19H17FO3S2/c1-12-3-6-15(7-4-12)24-10-18-13(2)19(11-25(21,22)23)17-9-14(20)5-8-16(17)18/h3-10H,11H2,1-2H3,(H,21,22,23). The lowest BCUT2D eigenvalue weighted by Crippen LogP contribution is -2.06. The van der Waals surface area contributed by atoms with Crippen LogP contribution in [0.1, 0.15) is 23.6 Å². The van der Waals surface area contributed by atoms with E-state index in [-0.39, 0.29) is 0 Å². The third kappa shape index (κ3) is 4.03. The molecular weight excluding hydrogens is 359 g/mol. The highest BCUT2D eigenvalue weighted by Gasteiger charge is 2.27. The monoisotopic (exact) mass is 376 g/mol. The summed E-state index contributed by atoms with van der Waals surface area (Å²) < 4.78 is 45.6. The third-order valence-corrected chi connectivity index (χ3v) is 5.67. The summed E-state index contributed by atoms with van der Waals surface area (Å²) in [6.45, 7) is 3.81. The first-order valence-electron chi connectivity index (χ1n) is 7.64. The maximum absolute atomic E-state index is 13.7. The van der Waals surface area contributed by atoms with Crippen LogP contribution in [0.4, 0.5) is 4.39 Å². The highest BCUT2D eigenvalue weighted by Crippen LogP contribution is 2.43. The molecule has 1 aliphatic rings. The van der Waals surface area contributed by atoms with Gasteiger partial charge in [0.05, 0.1) is 0 Å². The molecule has 3 nitrogen and oxygen atoms in total. The van der Waals surface area contributed by atoms with Gasteiger partial charge < -0.3 is 0 Å². The Bertz CT molecular complexity index is 988. The van der Waals surface area contributed by atoms with E-state index in [9.17, 15) is 17.4 Å². The van der Waals surface area contributed by atoms with Gasteiger partial charge in [0.25, 0.3) is 10.1 Å². The fraction of sp³-hybridized carbons (Fsp3) is 0.158. The lowest BCUT2D eigenvalue weighted by molar-refractivity contribution is 0.487. The summed E-state index contributed by atoms with van der Waals surface area (Å²) in [5.74, 6) is -0.964. The van der Waals surface area contributed by atoms with Crippen LogP contribution in [0.5, 0.6) is 0 Å². The van der Waals surface area contributed by atoms with Crippen molar-refractivity contribution in [2.45, 2.75) is 18.7 Å². The molecule has 0 fully saturated rings. The molecule has 0 heterocycles. The van der Waals surface area contributed by atoms with E-state index in [0.29, 0.717) is 11.1 Å². The van der Waals surface area contributed by atoms with Crippen molar-refractivity contribution in [3.05, 3.63) is 76.0 Å². The molecule has 2 aromatic rings. The second-order valence-corrected chi connectivity index (χ2v) is 8.38. The number of benzene rings is 2. The minimum Gasteiger partial charge on any atom is -0.285 e. The van der Waals surface area contributed by atoms with Crippen LogP contribution in [-0.4, -0.2) is 18.7 Å². The maximum atomic E-state index is 13.7. The van der Waals surface area contributed by atoms with E-state index in [1.165, 1.54) is 29.5 Å². The van der Waals surface area contributed by atoms with Crippen LogP contribution in [-0.2, 0) is 10.1 Å². The van der Waals surface area contributed by atoms with Crippen molar-refractivity contribution in [3.8, 4) is 0 Å². The zero-order valence-corrected chi connectivity index (χ0v) is 15.4. The van der Waals surface area contributed by atoms with Crippen LogP contribution in [0, 0.1) is 12.7 Å². The van der Waals surface area contributed by atoms with Gasteiger partial charge in [0.15, 0.2) is 0 Å². The summed E-state index contributed by atoms with van der Waals surface area (Å²) in [6, 6.07) is 12.4. The topological polar surface area (TPSA) is 54.4 Å². The highest BCUT2D eigenvalue weighted by molar-refractivity contribution is 8.02. The molecule has 1 aliphatic carbocycles. The van der Waals surface area contributed by atoms with Gasteiger partial charge in [-0.1, -0.05) is 35.5 Å². The summed E-state index contributed by atoms with van der Waals surface area (Å²) in [7, 11) is -4.21. The van der Waals surface area contributed by atoms with E-state index in [4.69, 9.17) is 0 Å². The number of aryl methyl sites for hydroxylation is 1. The summed E-state index contributed by atoms with van der Waals surface area (Å²) in [6.07, 6.45) is 0. The highest BCUT2D eigenvalue weighted by atomic mass is 32.2. The molecule has 0 spiro atoms. The molecule has 0 aromatic heterocycles. The summed E-state index contributed by atoms with van der Waals surface area (Å²) in [5.41, 5.74) is 4.48. The van der Waals surface area contributed by atoms with Crippen LogP contribution in [0.25, 0.3) is 11.1 Å². The van der Waals surface area contributed by atoms with Gasteiger partial charge in [0, 0.05) is 4.90 Å². The molecule has 6 heteroatoms. The molecule has 25 heavy (non-hydrogen) atoms. The molecule has 1 N–H and O–H groups in total. The normalized spacial score (nSPS) is 15.8. The van der Waals surface area contributed by atoms with Crippen LogP contribution in [0.3, 0.4) is 0 Å². The zero-order chi connectivity index (χ0) is 18.2. The Morgan fingerprint density at radius 2 is 1.76 bits per heavy atom. The zero-order valence-electron chi connectivity index (χ0n) is 13.8. The summed E-state index contributed by atoms with van der Waals surface area (Å²) in [5, 5.41) is 1.94. The molecule has 0 saturated carbocycles. The van der Waals surface area contributed by atoms with Crippen molar-refractivity contribution in [2.75, 3.05) is 5.75 Å². The van der Waals surface area contributed by atoms with Gasteiger partial charge in [0.2, 0.25) is 0 Å². The number of fused-ring (bicyclic) bond motifs is 1. The van der Waals surface area contributed by atoms with Crippen molar-refractivity contribution in [3.63, 3.8) is 0 Å². The molecule has 0 aliphatic heterocycles. The Morgan fingerprint density at radius 3 is 2.40 bits per heavy atom. The number of rotatable bonds is 4. The van der Waals surface area contributed by atoms with E-state index < -0.39 is 21.7 Å². The number of halogens is 1. The number of allylic oxidation sites excluding steroid dienone is 2. The molecule has 2 aromatic carbocycles. The van der Waals surface area contributed by atoms with Crippen LogP contribution < -0.4 is 0 Å². The first-order valence-corrected chi connectivity index (χ1v) is 10.1. The predicted octanol–water partition coefficient (Wildman–Crippen LogP) is 4.94. The second-order valence-electron chi connectivity index (χ2n) is 5.98. The Morgan fingerprint density at radius 1 is 1.08 bits per heavy atom. The quantitative estimate of drug-likeness (QED) is 0.606. The fourth-order valence-electron chi connectivity index (χ4n) is 2.83. The number of hydrogen-bond acceptors (Lipinski definition) is 3. The Balaban J connectivity index is 2.04. The molecule has 130 valence electrons. The SMILES string of the molecule is CC1=C(CS(=O)(=O)O)c2cc(F)ccc2C1=CSc1ccc(C)cc1. The molecular formula is C19H17FO3S2. The Labute approximate surface area is 151 Å². The average molecular weight is 376 g/mol. The minimum absolute atomic E-state index is 0.438. The van der Waals surface area contributed by atoms with Gasteiger partial charge in [-0.25, -0.2) is 4.39 Å². The predicted molar refractivity (Wildman–Crippen MR) is 100 cm³/mol. The van der Waals surface area contributed by atoms with E-state index in [1.807, 2.05) is 36.6 Å². The molecule has 0 unspecified atom stereocenters. The molecule has 0 bridgehead atoms. The first-order chi connectivity index (χ1) is 11.7. The van der Waals surface area contributed by atoms with Crippen molar-refractivity contribution in [2.24, 2.45) is 0 Å². The molecule has 3 rings (SSSR count). The first kappa shape index (κ1) is 17.9. The van der Waals surface area contributed by atoms with Gasteiger partial charge >= 0.3 is 0 Å². The van der Waals surface area contributed by atoms with Crippen molar-refractivity contribution < 1.29 is 17.4 Å². The smallest absolute Gasteiger partial charge is 0.269 e. The summed E-state index contributed by atoms with van der Waals surface area (Å²) >= 11 is 1.52. The van der Waals surface area contributed by atoms with Gasteiger partial charge in [0.1, 0.15) is 11.6 Å². The van der Waals surface area contributed by atoms with Crippen LogP contribution in [0.2, 0.25) is 0 Å². The maximum Gasteiger partial charge on any atom is 0.269 e. The average Bonchev–Trinajstić information content (AvgIpc) is 2.77.